The minimum absolute atomic E-state index is 0.146. The van der Waals surface area contributed by atoms with Crippen molar-refractivity contribution in [2.75, 3.05) is 31.6 Å². The van der Waals surface area contributed by atoms with E-state index >= 15 is 0 Å². The molecule has 4 heterocycles. The van der Waals surface area contributed by atoms with Gasteiger partial charge in [0.15, 0.2) is 11.5 Å². The number of hydrogen-bond donors (Lipinski definition) is 1. The molecule has 134 valence electrons. The largest absolute Gasteiger partial charge is 0.493 e. The van der Waals surface area contributed by atoms with Gasteiger partial charge in [0, 0.05) is 11.4 Å². The van der Waals surface area contributed by atoms with Crippen molar-refractivity contribution in [2.24, 2.45) is 0 Å². The Kier molecular flexibility index (Phi) is 3.90. The van der Waals surface area contributed by atoms with Crippen LogP contribution in [0.15, 0.2) is 30.6 Å². The summed E-state index contributed by atoms with van der Waals surface area (Å²) in [5.41, 5.74) is 1.42. The normalized spacial score (nSPS) is 17.0. The van der Waals surface area contributed by atoms with Crippen LogP contribution in [-0.4, -0.2) is 42.8 Å². The van der Waals surface area contributed by atoms with Gasteiger partial charge in [-0.25, -0.2) is 9.97 Å². The molecule has 0 atom stereocenters. The zero-order valence-electron chi connectivity index (χ0n) is 14.6. The number of ether oxygens (including phenoxy) is 2. The second kappa shape index (κ2) is 6.41. The molecular weight excluding hydrogens is 348 g/mol. The first kappa shape index (κ1) is 15.8. The fourth-order valence-electron chi connectivity index (χ4n) is 3.66. The molecule has 1 saturated heterocycles. The lowest BCUT2D eigenvalue weighted by Gasteiger charge is -2.40. The van der Waals surface area contributed by atoms with Crippen LogP contribution in [0.4, 0.5) is 5.82 Å². The fourth-order valence-corrected chi connectivity index (χ4v) is 4.81. The van der Waals surface area contributed by atoms with Crippen LogP contribution >= 0.6 is 11.3 Å². The molecule has 5 rings (SSSR count). The number of para-hydroxylation sites is 2. The monoisotopic (exact) mass is 368 g/mol. The zero-order valence-corrected chi connectivity index (χ0v) is 15.4. The molecule has 1 aromatic carbocycles. The highest BCUT2D eigenvalue weighted by Crippen LogP contribution is 2.38. The van der Waals surface area contributed by atoms with Gasteiger partial charge in [0.1, 0.15) is 23.1 Å². The highest BCUT2D eigenvalue weighted by molar-refractivity contribution is 7.19. The second-order valence-corrected chi connectivity index (χ2v) is 7.69. The van der Waals surface area contributed by atoms with Gasteiger partial charge in [-0.15, -0.1) is 11.3 Å². The number of rotatable bonds is 4. The van der Waals surface area contributed by atoms with Gasteiger partial charge in [0.2, 0.25) is 0 Å². The number of aromatic nitrogens is 2. The number of methoxy groups -OCH3 is 1. The van der Waals surface area contributed by atoms with E-state index in [0.29, 0.717) is 0 Å². The predicted octanol–water partition coefficient (Wildman–Crippen LogP) is 2.61. The summed E-state index contributed by atoms with van der Waals surface area (Å²) in [5.74, 6) is 2.62. The molecule has 1 fully saturated rings. The van der Waals surface area contributed by atoms with Crippen LogP contribution < -0.4 is 19.7 Å². The van der Waals surface area contributed by atoms with Crippen LogP contribution in [0.1, 0.15) is 10.4 Å². The smallest absolute Gasteiger partial charge is 0.161 e. The molecule has 0 spiro atoms. The Balaban J connectivity index is 1.37. The third kappa shape index (κ3) is 2.59. The number of benzene rings is 1. The molecule has 0 amide bonds. The predicted molar refractivity (Wildman–Crippen MR) is 102 cm³/mol. The summed E-state index contributed by atoms with van der Waals surface area (Å²) < 4.78 is 11.5. The van der Waals surface area contributed by atoms with Crippen LogP contribution in [0.3, 0.4) is 0 Å². The summed E-state index contributed by atoms with van der Waals surface area (Å²) in [6.45, 7) is 3.61. The molecule has 2 aromatic heterocycles. The van der Waals surface area contributed by atoms with Gasteiger partial charge in [-0.05, 0) is 30.7 Å². The van der Waals surface area contributed by atoms with Crippen molar-refractivity contribution in [1.29, 1.82) is 0 Å². The summed E-state index contributed by atoms with van der Waals surface area (Å²) in [4.78, 5) is 13.9. The van der Waals surface area contributed by atoms with E-state index in [0.717, 1.165) is 54.7 Å². The van der Waals surface area contributed by atoms with Crippen LogP contribution in [0.5, 0.6) is 11.5 Å². The first-order chi connectivity index (χ1) is 12.8. The lowest BCUT2D eigenvalue weighted by atomic mass is 10.0. The Morgan fingerprint density at radius 2 is 2.04 bits per heavy atom. The van der Waals surface area contributed by atoms with Crippen LogP contribution in [0.25, 0.3) is 10.2 Å². The first-order valence-electron chi connectivity index (χ1n) is 8.84. The molecular formula is C19H20N4O2S. The molecule has 0 saturated carbocycles. The number of nitrogens with one attached hydrogen (secondary N) is 1. The summed E-state index contributed by atoms with van der Waals surface area (Å²) in [5, 5.41) is 4.68. The van der Waals surface area contributed by atoms with Crippen molar-refractivity contribution in [3.8, 4) is 11.5 Å². The number of fused-ring (bicyclic) bond motifs is 3. The molecule has 2 aliphatic heterocycles. The van der Waals surface area contributed by atoms with Gasteiger partial charge in [-0.2, -0.15) is 0 Å². The van der Waals surface area contributed by atoms with E-state index in [1.807, 2.05) is 24.3 Å². The summed E-state index contributed by atoms with van der Waals surface area (Å²) >= 11 is 1.79. The standard InChI is InChI=1S/C19H20N4O2S/c1-24-14-4-2-3-5-15(14)25-12-9-23(10-12)18-17-13-6-7-20-8-16(13)26-19(17)22-11-21-18/h2-5,11-12,20H,6-10H2,1H3. The van der Waals surface area contributed by atoms with Gasteiger partial charge < -0.3 is 19.7 Å². The van der Waals surface area contributed by atoms with E-state index in [1.165, 1.54) is 15.8 Å². The maximum atomic E-state index is 6.11. The number of hydrogen-bond acceptors (Lipinski definition) is 7. The third-order valence-electron chi connectivity index (χ3n) is 5.00. The van der Waals surface area contributed by atoms with Crippen LogP contribution in [0.2, 0.25) is 0 Å². The number of nitrogens with zero attached hydrogens (tertiary/aromatic N) is 3. The van der Waals surface area contributed by atoms with Crippen molar-refractivity contribution < 1.29 is 9.47 Å². The zero-order chi connectivity index (χ0) is 17.5. The molecule has 0 unspecified atom stereocenters. The summed E-state index contributed by atoms with van der Waals surface area (Å²) in [7, 11) is 1.67. The molecule has 3 aromatic rings. The molecule has 0 aliphatic carbocycles. The SMILES string of the molecule is COc1ccccc1OC1CN(c2ncnc3sc4c(c23)CCNC4)C1. The van der Waals surface area contributed by atoms with E-state index in [4.69, 9.17) is 9.47 Å². The Morgan fingerprint density at radius 3 is 2.88 bits per heavy atom. The molecule has 0 radical (unpaired) electrons. The Morgan fingerprint density at radius 1 is 1.19 bits per heavy atom. The fraction of sp³-hybridized carbons (Fsp3) is 0.368. The number of thiophene rings is 1. The topological polar surface area (TPSA) is 59.5 Å². The third-order valence-corrected chi connectivity index (χ3v) is 6.14. The molecule has 26 heavy (non-hydrogen) atoms. The van der Waals surface area contributed by atoms with Gasteiger partial charge in [0.25, 0.3) is 0 Å². The highest BCUT2D eigenvalue weighted by atomic mass is 32.1. The quantitative estimate of drug-likeness (QED) is 0.764. The summed E-state index contributed by atoms with van der Waals surface area (Å²) in [6, 6.07) is 7.79. The van der Waals surface area contributed by atoms with E-state index in [-0.39, 0.29) is 6.10 Å². The molecule has 2 aliphatic rings. The van der Waals surface area contributed by atoms with Crippen molar-refractivity contribution in [1.82, 2.24) is 15.3 Å². The maximum absolute atomic E-state index is 6.11. The molecule has 1 N–H and O–H groups in total. The highest BCUT2D eigenvalue weighted by Gasteiger charge is 2.33. The minimum atomic E-state index is 0.146. The Labute approximate surface area is 155 Å². The average Bonchev–Trinajstić information content (AvgIpc) is 3.03. The van der Waals surface area contributed by atoms with E-state index < -0.39 is 0 Å². The van der Waals surface area contributed by atoms with Crippen molar-refractivity contribution >= 4 is 27.4 Å². The minimum Gasteiger partial charge on any atom is -0.493 e. The van der Waals surface area contributed by atoms with Crippen LogP contribution in [0, 0.1) is 0 Å². The van der Waals surface area contributed by atoms with E-state index in [9.17, 15) is 0 Å². The van der Waals surface area contributed by atoms with Crippen molar-refractivity contribution in [3.05, 3.63) is 41.0 Å². The van der Waals surface area contributed by atoms with Gasteiger partial charge >= 0.3 is 0 Å². The lowest BCUT2D eigenvalue weighted by molar-refractivity contribution is 0.161. The van der Waals surface area contributed by atoms with Gasteiger partial charge in [-0.3, -0.25) is 0 Å². The van der Waals surface area contributed by atoms with Gasteiger partial charge in [-0.1, -0.05) is 12.1 Å². The van der Waals surface area contributed by atoms with Crippen molar-refractivity contribution in [2.45, 2.75) is 19.1 Å². The average molecular weight is 368 g/mol. The number of anilines is 1. The maximum Gasteiger partial charge on any atom is 0.161 e. The Hall–Kier alpha value is -2.38. The van der Waals surface area contributed by atoms with E-state index in [1.54, 1.807) is 24.8 Å². The van der Waals surface area contributed by atoms with Gasteiger partial charge in [0.05, 0.1) is 25.6 Å². The first-order valence-corrected chi connectivity index (χ1v) is 9.65. The molecule has 0 bridgehead atoms. The van der Waals surface area contributed by atoms with Crippen molar-refractivity contribution in [3.63, 3.8) is 0 Å². The summed E-state index contributed by atoms with van der Waals surface area (Å²) in [6.07, 6.45) is 2.87. The molecule has 7 heteroatoms. The Bertz CT molecular complexity index is 952. The second-order valence-electron chi connectivity index (χ2n) is 6.60. The molecule has 6 nitrogen and oxygen atoms in total. The van der Waals surface area contributed by atoms with Crippen LogP contribution in [-0.2, 0) is 13.0 Å². The lowest BCUT2D eigenvalue weighted by Crippen LogP contribution is -2.54. The van der Waals surface area contributed by atoms with E-state index in [2.05, 4.69) is 20.2 Å².